The molecule has 2 aromatic rings. The number of aromatic nitrogens is 2. The van der Waals surface area contributed by atoms with E-state index >= 15 is 0 Å². The molecule has 0 aliphatic carbocycles. The Morgan fingerprint density at radius 3 is 2.67 bits per heavy atom. The molecule has 0 unspecified atom stereocenters. The van der Waals surface area contributed by atoms with Crippen LogP contribution < -0.4 is 4.83 Å². The number of nitrogens with zero attached hydrogens (tertiary/aromatic N) is 3. The van der Waals surface area contributed by atoms with Gasteiger partial charge in [-0.2, -0.15) is 18.4 Å². The summed E-state index contributed by atoms with van der Waals surface area (Å²) < 4.78 is 24.9. The minimum absolute atomic E-state index is 0.0348. The molecule has 0 saturated heterocycles. The van der Waals surface area contributed by atoms with Crippen molar-refractivity contribution in [2.75, 3.05) is 0 Å². The van der Waals surface area contributed by atoms with Crippen LogP contribution >= 0.6 is 11.6 Å². The maximum absolute atomic E-state index is 11.6. The number of rotatable bonds is 1. The number of nitrogens with one attached hydrogen (secondary N) is 1. The van der Waals surface area contributed by atoms with Crippen LogP contribution in [0.4, 0.5) is 0 Å². The Morgan fingerprint density at radius 2 is 1.94 bits per heavy atom. The Bertz CT molecular complexity index is 734. The molecule has 2 heterocycles. The third-order valence-corrected chi connectivity index (χ3v) is 3.91. The number of imidazole rings is 1. The molecule has 3 rings (SSSR count). The maximum Gasteiger partial charge on any atom is 0.296 e. The quantitative estimate of drug-likeness (QED) is 0.852. The van der Waals surface area contributed by atoms with E-state index in [1.165, 1.54) is 12.5 Å². The van der Waals surface area contributed by atoms with Crippen LogP contribution in [-0.4, -0.2) is 24.2 Å². The van der Waals surface area contributed by atoms with Crippen molar-refractivity contribution in [3.63, 3.8) is 0 Å². The van der Waals surface area contributed by atoms with Gasteiger partial charge in [-0.25, -0.2) is 4.98 Å². The molecule has 0 atom stereocenters. The van der Waals surface area contributed by atoms with Gasteiger partial charge in [-0.15, -0.1) is 0 Å². The van der Waals surface area contributed by atoms with Crippen LogP contribution in [0.3, 0.4) is 0 Å². The van der Waals surface area contributed by atoms with Gasteiger partial charge in [-0.05, 0) is 24.3 Å². The summed E-state index contributed by atoms with van der Waals surface area (Å²) in [6, 6.07) is 6.98. The van der Waals surface area contributed by atoms with Crippen LogP contribution in [0, 0.1) is 0 Å². The summed E-state index contributed by atoms with van der Waals surface area (Å²) in [4.78, 5) is 5.93. The number of hydrazone groups is 1. The van der Waals surface area contributed by atoms with Crippen molar-refractivity contribution in [2.24, 2.45) is 5.10 Å². The first-order valence-electron chi connectivity index (χ1n) is 4.96. The van der Waals surface area contributed by atoms with Gasteiger partial charge in [-0.3, -0.25) is 4.57 Å². The second-order valence-electron chi connectivity index (χ2n) is 3.63. The third kappa shape index (κ3) is 1.68. The summed E-state index contributed by atoms with van der Waals surface area (Å²) in [6.45, 7) is 0. The zero-order valence-corrected chi connectivity index (χ0v) is 10.5. The highest BCUT2D eigenvalue weighted by Crippen LogP contribution is 2.20. The van der Waals surface area contributed by atoms with E-state index < -0.39 is 10.0 Å². The molecular formula is C10H7ClN4O2S. The fourth-order valence-electron chi connectivity index (χ4n) is 1.67. The van der Waals surface area contributed by atoms with Crippen molar-refractivity contribution in [3.05, 3.63) is 41.3 Å². The number of hydrogen-bond acceptors (Lipinski definition) is 4. The second-order valence-corrected chi connectivity index (χ2v) is 5.65. The molecule has 92 valence electrons. The molecule has 8 heteroatoms. The summed E-state index contributed by atoms with van der Waals surface area (Å²) in [5, 5.41) is 4.17. The highest BCUT2D eigenvalue weighted by Gasteiger charge is 2.26. The lowest BCUT2D eigenvalue weighted by Gasteiger charge is -2.10. The van der Waals surface area contributed by atoms with Crippen molar-refractivity contribution in [2.45, 2.75) is 5.03 Å². The average molecular weight is 283 g/mol. The van der Waals surface area contributed by atoms with Crippen molar-refractivity contribution in [1.82, 2.24) is 14.4 Å². The molecule has 1 aliphatic heterocycles. The first kappa shape index (κ1) is 11.2. The Labute approximate surface area is 108 Å². The van der Waals surface area contributed by atoms with Crippen molar-refractivity contribution in [3.8, 4) is 5.69 Å². The Kier molecular flexibility index (Phi) is 2.39. The van der Waals surface area contributed by atoms with Gasteiger partial charge < -0.3 is 0 Å². The summed E-state index contributed by atoms with van der Waals surface area (Å²) in [7, 11) is -3.64. The molecule has 0 bridgehead atoms. The maximum atomic E-state index is 11.6. The van der Waals surface area contributed by atoms with E-state index in [0.717, 1.165) is 5.69 Å². The Balaban J connectivity index is 2.20. The molecule has 6 nitrogen and oxygen atoms in total. The minimum atomic E-state index is -3.64. The molecule has 18 heavy (non-hydrogen) atoms. The predicted molar refractivity (Wildman–Crippen MR) is 66.5 cm³/mol. The van der Waals surface area contributed by atoms with Crippen LogP contribution in [0.2, 0.25) is 5.02 Å². The van der Waals surface area contributed by atoms with Crippen LogP contribution in [0.5, 0.6) is 0 Å². The van der Waals surface area contributed by atoms with Crippen LogP contribution in [0.1, 0.15) is 5.69 Å². The topological polar surface area (TPSA) is 76.3 Å². The molecule has 0 spiro atoms. The number of halogens is 1. The zero-order valence-electron chi connectivity index (χ0n) is 8.91. The number of benzene rings is 1. The predicted octanol–water partition coefficient (Wildman–Crippen LogP) is 1.15. The van der Waals surface area contributed by atoms with Gasteiger partial charge in [0.15, 0.2) is 0 Å². The Hall–Kier alpha value is -1.86. The molecule has 1 aromatic heterocycles. The highest BCUT2D eigenvalue weighted by atomic mass is 35.5. The monoisotopic (exact) mass is 282 g/mol. The van der Waals surface area contributed by atoms with E-state index in [-0.39, 0.29) is 5.03 Å². The summed E-state index contributed by atoms with van der Waals surface area (Å²) in [5.41, 5.74) is 1.17. The lowest BCUT2D eigenvalue weighted by molar-refractivity contribution is 0.579. The minimum Gasteiger partial charge on any atom is -0.297 e. The first-order chi connectivity index (χ1) is 8.58. The largest absolute Gasteiger partial charge is 0.297 e. The first-order valence-corrected chi connectivity index (χ1v) is 6.82. The van der Waals surface area contributed by atoms with E-state index in [4.69, 9.17) is 11.6 Å². The van der Waals surface area contributed by atoms with E-state index in [9.17, 15) is 8.42 Å². The average Bonchev–Trinajstić information content (AvgIpc) is 2.75. The number of hydrogen-bond donors (Lipinski definition) is 1. The summed E-state index contributed by atoms with van der Waals surface area (Å²) >= 11 is 5.80. The number of fused-ring (bicyclic) bond motifs is 1. The van der Waals surface area contributed by atoms with Crippen LogP contribution in [-0.2, 0) is 10.0 Å². The van der Waals surface area contributed by atoms with E-state index in [2.05, 4.69) is 10.1 Å². The van der Waals surface area contributed by atoms with E-state index in [0.29, 0.717) is 10.7 Å². The van der Waals surface area contributed by atoms with Gasteiger partial charge in [0, 0.05) is 10.7 Å². The van der Waals surface area contributed by atoms with Crippen molar-refractivity contribution < 1.29 is 8.42 Å². The lowest BCUT2D eigenvalue weighted by atomic mass is 10.3. The molecule has 1 aromatic carbocycles. The standard InChI is InChI=1S/C10H7ClN4O2S/c11-7-1-3-8(4-2-7)15-6-12-10-9(15)5-13-14-18(10,16)17/h1-6,14H. The van der Waals surface area contributed by atoms with Gasteiger partial charge in [0.1, 0.15) is 12.0 Å². The van der Waals surface area contributed by atoms with Gasteiger partial charge in [0.05, 0.1) is 6.21 Å². The Morgan fingerprint density at radius 1 is 1.22 bits per heavy atom. The smallest absolute Gasteiger partial charge is 0.296 e. The molecule has 0 fully saturated rings. The normalized spacial score (nSPS) is 16.1. The summed E-state index contributed by atoms with van der Waals surface area (Å²) in [5.74, 6) is 0. The van der Waals surface area contributed by atoms with Crippen molar-refractivity contribution in [1.29, 1.82) is 0 Å². The molecule has 0 saturated carbocycles. The van der Waals surface area contributed by atoms with Gasteiger partial charge in [-0.1, -0.05) is 11.6 Å². The fraction of sp³-hybridized carbons (Fsp3) is 0. The van der Waals surface area contributed by atoms with Gasteiger partial charge in [0.2, 0.25) is 5.03 Å². The number of sulfonamides is 1. The molecule has 1 aliphatic rings. The van der Waals surface area contributed by atoms with Crippen LogP contribution in [0.15, 0.2) is 40.7 Å². The van der Waals surface area contributed by atoms with E-state index in [1.54, 1.807) is 28.8 Å². The highest BCUT2D eigenvalue weighted by molar-refractivity contribution is 7.89. The molecule has 0 amide bonds. The molecule has 0 radical (unpaired) electrons. The SMILES string of the molecule is O=S1(=O)NN=Cc2c1ncn2-c1ccc(Cl)cc1. The van der Waals surface area contributed by atoms with Crippen molar-refractivity contribution >= 4 is 27.8 Å². The third-order valence-electron chi connectivity index (χ3n) is 2.49. The zero-order chi connectivity index (χ0) is 12.8. The lowest BCUT2D eigenvalue weighted by Crippen LogP contribution is -2.24. The molecular weight excluding hydrogens is 276 g/mol. The van der Waals surface area contributed by atoms with Crippen LogP contribution in [0.25, 0.3) is 5.69 Å². The van der Waals surface area contributed by atoms with Gasteiger partial charge >= 0.3 is 0 Å². The molecule has 1 N–H and O–H groups in total. The fourth-order valence-corrected chi connectivity index (χ4v) is 2.69. The summed E-state index contributed by atoms with van der Waals surface area (Å²) in [6.07, 6.45) is 2.85. The van der Waals surface area contributed by atoms with E-state index in [1.807, 2.05) is 4.83 Å². The van der Waals surface area contributed by atoms with Gasteiger partial charge in [0.25, 0.3) is 10.0 Å². The second kappa shape index (κ2) is 3.82.